The Kier molecular flexibility index (Phi) is 6.67. The van der Waals surface area contributed by atoms with Gasteiger partial charge in [0.15, 0.2) is 5.78 Å². The largest absolute Gasteiger partial charge is 0.497 e. The van der Waals surface area contributed by atoms with Crippen molar-refractivity contribution < 1.29 is 9.53 Å². The number of Topliss-reactive ketones (excluding diaryl/α,β-unsaturated/α-hetero) is 1. The summed E-state index contributed by atoms with van der Waals surface area (Å²) in [5.74, 6) is 1.27. The molecule has 1 aromatic rings. The van der Waals surface area contributed by atoms with Crippen LogP contribution < -0.4 is 10.1 Å². The molecule has 2 heterocycles. The summed E-state index contributed by atoms with van der Waals surface area (Å²) in [6.07, 6.45) is 3.22. The Morgan fingerprint density at radius 2 is 1.96 bits per heavy atom. The fraction of sp³-hybridized carbons (Fsp3) is 0.632. The maximum absolute atomic E-state index is 12.6. The molecule has 4 nitrogen and oxygen atoms in total. The number of rotatable bonds is 5. The monoisotopic (exact) mass is 352 g/mol. The summed E-state index contributed by atoms with van der Waals surface area (Å²) in [5, 5.41) is 3.47. The number of nitrogens with one attached hydrogen (secondary N) is 1. The highest BCUT2D eigenvalue weighted by atomic mass is 35.5. The van der Waals surface area contributed by atoms with Gasteiger partial charge in [-0.3, -0.25) is 4.79 Å². The number of halogens is 1. The molecular weight excluding hydrogens is 324 g/mol. The highest BCUT2D eigenvalue weighted by Gasteiger charge is 2.33. The Labute approximate surface area is 151 Å². The van der Waals surface area contributed by atoms with Crippen molar-refractivity contribution in [3.05, 3.63) is 29.8 Å². The molecule has 2 fully saturated rings. The Hall–Kier alpha value is -1.10. The van der Waals surface area contributed by atoms with Gasteiger partial charge >= 0.3 is 0 Å². The maximum atomic E-state index is 12.6. The van der Waals surface area contributed by atoms with Crippen LogP contribution >= 0.6 is 12.4 Å². The molecule has 1 N–H and O–H groups in total. The number of carbonyl (C=O) groups excluding carboxylic acids is 1. The van der Waals surface area contributed by atoms with Crippen molar-refractivity contribution in [1.29, 1.82) is 0 Å². The van der Waals surface area contributed by atoms with Gasteiger partial charge in [-0.15, -0.1) is 12.4 Å². The minimum Gasteiger partial charge on any atom is -0.497 e. The average Bonchev–Trinajstić information content (AvgIpc) is 3.01. The fourth-order valence-corrected chi connectivity index (χ4v) is 3.89. The van der Waals surface area contributed by atoms with Gasteiger partial charge in [0, 0.05) is 24.6 Å². The van der Waals surface area contributed by atoms with E-state index in [9.17, 15) is 4.79 Å². The fourth-order valence-electron chi connectivity index (χ4n) is 3.89. The first kappa shape index (κ1) is 19.2. The van der Waals surface area contributed by atoms with E-state index in [-0.39, 0.29) is 18.3 Å². The number of carbonyl (C=O) groups is 1. The summed E-state index contributed by atoms with van der Waals surface area (Å²) in [5.41, 5.74) is 1.23. The number of likely N-dealkylation sites (tertiary alicyclic amines) is 1. The van der Waals surface area contributed by atoms with Crippen LogP contribution in [0.5, 0.6) is 5.75 Å². The Balaban J connectivity index is 0.00000208. The summed E-state index contributed by atoms with van der Waals surface area (Å²) in [6, 6.07) is 7.52. The zero-order valence-electron chi connectivity index (χ0n) is 14.7. The molecule has 2 aliphatic rings. The number of nitrogens with zero attached hydrogens (tertiary/aromatic N) is 1. The Morgan fingerprint density at radius 1 is 1.29 bits per heavy atom. The number of hydrogen-bond donors (Lipinski definition) is 1. The molecule has 0 aromatic heterocycles. The van der Waals surface area contributed by atoms with Crippen LogP contribution in [-0.4, -0.2) is 50.5 Å². The van der Waals surface area contributed by atoms with Gasteiger partial charge < -0.3 is 15.0 Å². The average molecular weight is 353 g/mol. The minimum absolute atomic E-state index is 0. The molecule has 0 amide bonds. The van der Waals surface area contributed by atoms with Crippen LogP contribution in [0.15, 0.2) is 24.3 Å². The van der Waals surface area contributed by atoms with Crippen molar-refractivity contribution in [2.75, 3.05) is 39.8 Å². The first-order valence-electron chi connectivity index (χ1n) is 8.71. The topological polar surface area (TPSA) is 41.6 Å². The Bertz CT molecular complexity index is 533. The molecule has 0 saturated carbocycles. The maximum Gasteiger partial charge on any atom is 0.166 e. The van der Waals surface area contributed by atoms with Gasteiger partial charge in [-0.25, -0.2) is 0 Å². The van der Waals surface area contributed by atoms with E-state index >= 15 is 0 Å². The van der Waals surface area contributed by atoms with Crippen molar-refractivity contribution >= 4 is 18.2 Å². The minimum atomic E-state index is 0. The lowest BCUT2D eigenvalue weighted by atomic mass is 9.85. The highest BCUT2D eigenvalue weighted by Crippen LogP contribution is 2.29. The molecule has 0 bridgehead atoms. The van der Waals surface area contributed by atoms with Crippen LogP contribution in [0.2, 0.25) is 0 Å². The van der Waals surface area contributed by atoms with Crippen molar-refractivity contribution in [3.8, 4) is 5.75 Å². The van der Waals surface area contributed by atoms with Gasteiger partial charge in [0.05, 0.1) is 7.11 Å². The second-order valence-electron chi connectivity index (χ2n) is 7.38. The lowest BCUT2D eigenvalue weighted by Gasteiger charge is -2.36. The second kappa shape index (κ2) is 8.32. The molecule has 1 aromatic carbocycles. The highest BCUT2D eigenvalue weighted by molar-refractivity contribution is 5.98. The van der Waals surface area contributed by atoms with Gasteiger partial charge in [0.1, 0.15) is 5.75 Å². The number of benzene rings is 1. The van der Waals surface area contributed by atoms with E-state index in [4.69, 9.17) is 4.74 Å². The molecular formula is C19H29ClN2O2. The van der Waals surface area contributed by atoms with Gasteiger partial charge in [-0.05, 0) is 68.6 Å². The quantitative estimate of drug-likeness (QED) is 0.827. The number of ketones is 1. The summed E-state index contributed by atoms with van der Waals surface area (Å²) in [6.45, 7) is 7.88. The van der Waals surface area contributed by atoms with Gasteiger partial charge in [-0.1, -0.05) is 6.92 Å². The number of piperidine rings is 1. The number of ether oxygens (including phenoxy) is 1. The zero-order valence-corrected chi connectivity index (χ0v) is 15.5. The van der Waals surface area contributed by atoms with E-state index in [0.717, 1.165) is 56.9 Å². The molecule has 24 heavy (non-hydrogen) atoms. The summed E-state index contributed by atoms with van der Waals surface area (Å²) < 4.78 is 5.16. The normalized spacial score (nSPS) is 25.2. The molecule has 2 aliphatic heterocycles. The van der Waals surface area contributed by atoms with Crippen molar-refractivity contribution in [1.82, 2.24) is 10.2 Å². The first-order chi connectivity index (χ1) is 11.1. The third-order valence-electron chi connectivity index (χ3n) is 5.40. The smallest absolute Gasteiger partial charge is 0.166 e. The summed E-state index contributed by atoms with van der Waals surface area (Å²) in [7, 11) is 1.65. The number of methoxy groups -OCH3 is 1. The van der Waals surface area contributed by atoms with E-state index in [1.807, 2.05) is 24.3 Å². The van der Waals surface area contributed by atoms with Crippen molar-refractivity contribution in [2.24, 2.45) is 11.3 Å². The lowest BCUT2D eigenvalue weighted by molar-refractivity contribution is 0.0797. The molecule has 3 rings (SSSR count). The van der Waals surface area contributed by atoms with E-state index in [1.165, 1.54) is 6.42 Å². The second-order valence-corrected chi connectivity index (χ2v) is 7.38. The predicted octanol–water partition coefficient (Wildman–Crippen LogP) is 3.01. The summed E-state index contributed by atoms with van der Waals surface area (Å²) >= 11 is 0. The standard InChI is InChI=1S/C19H28N2O2.ClH/c1-19(9-10-20-13-19)14-21-11-7-16(8-12-21)18(22)15-3-5-17(23-2)6-4-15;/h3-6,16,20H,7-14H2,1-2H3;1H. The molecule has 0 radical (unpaired) electrons. The molecule has 134 valence electrons. The Morgan fingerprint density at radius 3 is 2.50 bits per heavy atom. The van der Waals surface area contributed by atoms with Crippen LogP contribution in [0.4, 0.5) is 0 Å². The lowest BCUT2D eigenvalue weighted by Crippen LogP contribution is -2.43. The van der Waals surface area contributed by atoms with E-state index in [1.54, 1.807) is 7.11 Å². The molecule has 0 aliphatic carbocycles. The van der Waals surface area contributed by atoms with Crippen LogP contribution in [0.3, 0.4) is 0 Å². The molecule has 1 atom stereocenters. The van der Waals surface area contributed by atoms with Gasteiger partial charge in [0.2, 0.25) is 0 Å². The van der Waals surface area contributed by atoms with Crippen LogP contribution in [-0.2, 0) is 0 Å². The van der Waals surface area contributed by atoms with Gasteiger partial charge in [0.25, 0.3) is 0 Å². The molecule has 2 saturated heterocycles. The van der Waals surface area contributed by atoms with Crippen molar-refractivity contribution in [2.45, 2.75) is 26.2 Å². The summed E-state index contributed by atoms with van der Waals surface area (Å²) in [4.78, 5) is 15.2. The van der Waals surface area contributed by atoms with E-state index < -0.39 is 0 Å². The third-order valence-corrected chi connectivity index (χ3v) is 5.40. The first-order valence-corrected chi connectivity index (χ1v) is 8.71. The predicted molar refractivity (Wildman–Crippen MR) is 99.3 cm³/mol. The van der Waals surface area contributed by atoms with Gasteiger partial charge in [-0.2, -0.15) is 0 Å². The molecule has 0 spiro atoms. The van der Waals surface area contributed by atoms with Crippen molar-refractivity contribution in [3.63, 3.8) is 0 Å². The van der Waals surface area contributed by atoms with Crippen LogP contribution in [0.25, 0.3) is 0 Å². The third kappa shape index (κ3) is 4.50. The zero-order chi connectivity index (χ0) is 16.3. The van der Waals surface area contributed by atoms with Crippen LogP contribution in [0, 0.1) is 11.3 Å². The van der Waals surface area contributed by atoms with E-state index in [2.05, 4.69) is 17.1 Å². The van der Waals surface area contributed by atoms with E-state index in [0.29, 0.717) is 11.2 Å². The SMILES string of the molecule is COc1ccc(C(=O)C2CCN(CC3(C)CCNC3)CC2)cc1.Cl. The number of hydrogen-bond acceptors (Lipinski definition) is 4. The van der Waals surface area contributed by atoms with Crippen LogP contribution in [0.1, 0.15) is 36.5 Å². The molecule has 5 heteroatoms. The molecule has 1 unspecified atom stereocenters.